The van der Waals surface area contributed by atoms with Crippen molar-refractivity contribution >= 4 is 16.7 Å². The lowest BCUT2D eigenvalue weighted by Gasteiger charge is -2.32. The maximum absolute atomic E-state index is 5.72. The molecule has 7 heteroatoms. The average Bonchev–Trinajstić information content (AvgIpc) is 3.23. The molecule has 158 valence electrons. The van der Waals surface area contributed by atoms with Crippen molar-refractivity contribution in [1.29, 1.82) is 0 Å². The van der Waals surface area contributed by atoms with Gasteiger partial charge in [-0.2, -0.15) is 10.1 Å². The van der Waals surface area contributed by atoms with Crippen LogP contribution in [0.15, 0.2) is 54.9 Å². The number of methoxy groups -OCH3 is 1. The van der Waals surface area contributed by atoms with Gasteiger partial charge < -0.3 is 9.64 Å². The maximum atomic E-state index is 5.72. The summed E-state index contributed by atoms with van der Waals surface area (Å²) in [6, 6.07) is 14.2. The number of aryl methyl sites for hydroxylation is 1. The van der Waals surface area contributed by atoms with E-state index in [0.717, 1.165) is 60.6 Å². The number of nitrogens with zero attached hydrogens (tertiary/aromatic N) is 6. The number of pyridine rings is 1. The van der Waals surface area contributed by atoms with Gasteiger partial charge in [-0.1, -0.05) is 25.1 Å². The molecule has 4 heterocycles. The fraction of sp³-hybridized carbons (Fsp3) is 0.333. The van der Waals surface area contributed by atoms with Crippen LogP contribution in [-0.2, 0) is 6.42 Å². The van der Waals surface area contributed by atoms with Gasteiger partial charge in [-0.3, -0.25) is 4.98 Å². The molecule has 0 aliphatic carbocycles. The van der Waals surface area contributed by atoms with Crippen molar-refractivity contribution in [3.63, 3.8) is 0 Å². The van der Waals surface area contributed by atoms with Crippen LogP contribution in [0.1, 0.15) is 37.2 Å². The molecular weight excluding hydrogens is 388 g/mol. The molecule has 1 aliphatic heterocycles. The topological polar surface area (TPSA) is 69.0 Å². The minimum absolute atomic E-state index is 0.287. The van der Waals surface area contributed by atoms with E-state index in [2.05, 4.69) is 22.9 Å². The number of benzene rings is 1. The first-order valence-electron chi connectivity index (χ1n) is 10.8. The van der Waals surface area contributed by atoms with Crippen LogP contribution >= 0.6 is 0 Å². The SMILES string of the molecule is CCc1nn(-c2ccccc2)c2nc(C3CCN(c4cccnc4)CC3)nc(OC)c12. The molecule has 0 amide bonds. The molecule has 0 atom stereocenters. The van der Waals surface area contributed by atoms with Crippen LogP contribution in [0, 0.1) is 0 Å². The van der Waals surface area contributed by atoms with Crippen molar-refractivity contribution in [3.8, 4) is 11.6 Å². The third-order valence-electron chi connectivity index (χ3n) is 5.98. The highest BCUT2D eigenvalue weighted by Crippen LogP contribution is 2.34. The summed E-state index contributed by atoms with van der Waals surface area (Å²) in [5.41, 5.74) is 3.93. The number of piperidine rings is 1. The zero-order valence-corrected chi connectivity index (χ0v) is 17.9. The molecule has 1 aliphatic rings. The molecule has 0 radical (unpaired) electrons. The van der Waals surface area contributed by atoms with Crippen LogP contribution in [-0.4, -0.2) is 44.9 Å². The third kappa shape index (κ3) is 3.60. The van der Waals surface area contributed by atoms with Crippen molar-refractivity contribution in [3.05, 3.63) is 66.4 Å². The van der Waals surface area contributed by atoms with Crippen molar-refractivity contribution in [2.45, 2.75) is 32.1 Å². The van der Waals surface area contributed by atoms with Gasteiger partial charge in [0.05, 0.1) is 30.4 Å². The monoisotopic (exact) mass is 414 g/mol. The summed E-state index contributed by atoms with van der Waals surface area (Å²) in [6.45, 7) is 4.01. The summed E-state index contributed by atoms with van der Waals surface area (Å²) in [7, 11) is 1.68. The Kier molecular flexibility index (Phi) is 5.24. The Balaban J connectivity index is 1.51. The predicted molar refractivity (Wildman–Crippen MR) is 121 cm³/mol. The van der Waals surface area contributed by atoms with Crippen LogP contribution in [0.2, 0.25) is 0 Å². The van der Waals surface area contributed by atoms with Gasteiger partial charge in [0.25, 0.3) is 0 Å². The lowest BCUT2D eigenvalue weighted by molar-refractivity contribution is 0.395. The summed E-state index contributed by atoms with van der Waals surface area (Å²) in [5.74, 6) is 1.75. The maximum Gasteiger partial charge on any atom is 0.228 e. The lowest BCUT2D eigenvalue weighted by atomic mass is 9.95. The number of anilines is 1. The second-order valence-electron chi connectivity index (χ2n) is 7.81. The van der Waals surface area contributed by atoms with Gasteiger partial charge in [-0.15, -0.1) is 0 Å². The number of para-hydroxylation sites is 1. The van der Waals surface area contributed by atoms with Crippen molar-refractivity contribution in [2.75, 3.05) is 25.1 Å². The Morgan fingerprint density at radius 1 is 1.00 bits per heavy atom. The molecule has 5 rings (SSSR count). The molecule has 7 nitrogen and oxygen atoms in total. The predicted octanol–water partition coefficient (Wildman–Crippen LogP) is 4.17. The van der Waals surface area contributed by atoms with Gasteiger partial charge in [0.1, 0.15) is 11.2 Å². The summed E-state index contributed by atoms with van der Waals surface area (Å²) in [6.07, 6.45) is 6.51. The molecule has 0 bridgehead atoms. The van der Waals surface area contributed by atoms with E-state index in [9.17, 15) is 0 Å². The van der Waals surface area contributed by atoms with E-state index in [1.165, 1.54) is 5.69 Å². The highest BCUT2D eigenvalue weighted by Gasteiger charge is 2.26. The third-order valence-corrected chi connectivity index (χ3v) is 5.98. The summed E-state index contributed by atoms with van der Waals surface area (Å²) in [5, 5.41) is 5.75. The summed E-state index contributed by atoms with van der Waals surface area (Å²) < 4.78 is 7.64. The minimum atomic E-state index is 0.287. The van der Waals surface area contributed by atoms with Crippen LogP contribution < -0.4 is 9.64 Å². The van der Waals surface area contributed by atoms with E-state index in [0.29, 0.717) is 5.88 Å². The molecule has 31 heavy (non-hydrogen) atoms. The molecule has 0 unspecified atom stereocenters. The zero-order chi connectivity index (χ0) is 21.2. The zero-order valence-electron chi connectivity index (χ0n) is 17.9. The van der Waals surface area contributed by atoms with Crippen LogP contribution in [0.5, 0.6) is 5.88 Å². The van der Waals surface area contributed by atoms with E-state index < -0.39 is 0 Å². The van der Waals surface area contributed by atoms with E-state index in [-0.39, 0.29) is 5.92 Å². The van der Waals surface area contributed by atoms with Crippen molar-refractivity contribution < 1.29 is 4.74 Å². The molecule has 0 saturated carbocycles. The van der Waals surface area contributed by atoms with Crippen molar-refractivity contribution in [1.82, 2.24) is 24.7 Å². The van der Waals surface area contributed by atoms with Gasteiger partial charge in [0, 0.05) is 25.2 Å². The van der Waals surface area contributed by atoms with E-state index >= 15 is 0 Å². The second kappa shape index (κ2) is 8.34. The Morgan fingerprint density at radius 2 is 1.77 bits per heavy atom. The van der Waals surface area contributed by atoms with Gasteiger partial charge in [-0.05, 0) is 43.5 Å². The van der Waals surface area contributed by atoms with Crippen LogP contribution in [0.3, 0.4) is 0 Å². The Morgan fingerprint density at radius 3 is 2.45 bits per heavy atom. The molecule has 1 fully saturated rings. The summed E-state index contributed by atoms with van der Waals surface area (Å²) >= 11 is 0. The normalized spacial score (nSPS) is 14.8. The molecule has 0 N–H and O–H groups in total. The Labute approximate surface area is 181 Å². The number of hydrogen-bond donors (Lipinski definition) is 0. The molecule has 1 aromatic carbocycles. The Bertz CT molecular complexity index is 1170. The first-order valence-corrected chi connectivity index (χ1v) is 10.8. The largest absolute Gasteiger partial charge is 0.480 e. The highest BCUT2D eigenvalue weighted by atomic mass is 16.5. The number of rotatable bonds is 5. The highest BCUT2D eigenvalue weighted by molar-refractivity contribution is 5.85. The number of ether oxygens (including phenoxy) is 1. The standard InChI is InChI=1S/C24H26N6O/c1-3-20-21-23(30(28-20)18-8-5-4-6-9-18)26-22(27-24(21)31-2)17-11-14-29(15-12-17)19-10-7-13-25-16-19/h4-10,13,16-17H,3,11-12,14-15H2,1-2H3. The first kappa shape index (κ1) is 19.5. The van der Waals surface area contributed by atoms with Gasteiger partial charge >= 0.3 is 0 Å². The minimum Gasteiger partial charge on any atom is -0.480 e. The quantitative estimate of drug-likeness (QED) is 0.488. The molecule has 0 spiro atoms. The lowest BCUT2D eigenvalue weighted by Crippen LogP contribution is -2.33. The van der Waals surface area contributed by atoms with E-state index in [4.69, 9.17) is 19.8 Å². The summed E-state index contributed by atoms with van der Waals surface area (Å²) in [4.78, 5) is 16.5. The smallest absolute Gasteiger partial charge is 0.228 e. The van der Waals surface area contributed by atoms with Crippen LogP contribution in [0.25, 0.3) is 16.7 Å². The first-order chi connectivity index (χ1) is 15.3. The van der Waals surface area contributed by atoms with Crippen LogP contribution in [0.4, 0.5) is 5.69 Å². The van der Waals surface area contributed by atoms with Gasteiger partial charge in [0.15, 0.2) is 5.65 Å². The van der Waals surface area contributed by atoms with E-state index in [1.54, 1.807) is 7.11 Å². The molecule has 3 aromatic heterocycles. The van der Waals surface area contributed by atoms with Gasteiger partial charge in [-0.25, -0.2) is 9.67 Å². The van der Waals surface area contributed by atoms with E-state index in [1.807, 2.05) is 53.5 Å². The fourth-order valence-corrected chi connectivity index (χ4v) is 4.33. The fourth-order valence-electron chi connectivity index (χ4n) is 4.33. The molecule has 1 saturated heterocycles. The Hall–Kier alpha value is -3.48. The number of hydrogen-bond acceptors (Lipinski definition) is 6. The molecule has 4 aromatic rings. The second-order valence-corrected chi connectivity index (χ2v) is 7.81. The number of fused-ring (bicyclic) bond motifs is 1. The number of aromatic nitrogens is 5. The molecular formula is C24H26N6O. The van der Waals surface area contributed by atoms with Crippen molar-refractivity contribution in [2.24, 2.45) is 0 Å². The van der Waals surface area contributed by atoms with Gasteiger partial charge in [0.2, 0.25) is 5.88 Å². The average molecular weight is 415 g/mol.